The molecule has 0 aromatic heterocycles. The van der Waals surface area contributed by atoms with E-state index in [4.69, 9.17) is 18.3 Å². The van der Waals surface area contributed by atoms with E-state index in [9.17, 15) is 4.79 Å². The number of esters is 1. The lowest BCUT2D eigenvalue weighted by Gasteiger charge is -2.14. The summed E-state index contributed by atoms with van der Waals surface area (Å²) in [5, 5.41) is 3.37. The van der Waals surface area contributed by atoms with Gasteiger partial charge in [0.15, 0.2) is 0 Å². The van der Waals surface area contributed by atoms with Gasteiger partial charge in [-0.1, -0.05) is 47.1 Å². The molecule has 6 nitrogen and oxygen atoms in total. The summed E-state index contributed by atoms with van der Waals surface area (Å²) in [6, 6.07) is 7.48. The van der Waals surface area contributed by atoms with E-state index in [1.54, 1.807) is 6.07 Å². The van der Waals surface area contributed by atoms with E-state index in [1.807, 2.05) is 32.0 Å². The van der Waals surface area contributed by atoms with Gasteiger partial charge in [0.2, 0.25) is 0 Å². The Bertz CT molecular complexity index is 855. The Labute approximate surface area is 226 Å². The number of carbonyl (C=O) groups excluding carboxylic acids is 1. The Morgan fingerprint density at radius 3 is 2.14 bits per heavy atom. The van der Waals surface area contributed by atoms with Crippen LogP contribution in [0.3, 0.4) is 0 Å². The van der Waals surface area contributed by atoms with Crippen LogP contribution in [0, 0.1) is 0 Å². The quantitative estimate of drug-likeness (QED) is 0.0782. The van der Waals surface area contributed by atoms with E-state index >= 15 is 0 Å². The lowest BCUT2D eigenvalue weighted by molar-refractivity contribution is 0.0493. The van der Waals surface area contributed by atoms with Gasteiger partial charge in [-0.25, -0.2) is 4.79 Å². The molecule has 0 fully saturated rings. The number of nitrogens with one attached hydrogen (secondary N) is 1. The first-order valence-electron chi connectivity index (χ1n) is 13.5. The van der Waals surface area contributed by atoms with Gasteiger partial charge in [0, 0.05) is 12.2 Å². The second-order valence-electron chi connectivity index (χ2n) is 9.12. The molecule has 0 atom stereocenters. The molecule has 1 rings (SSSR count). The maximum absolute atomic E-state index is 12.6. The van der Waals surface area contributed by atoms with Gasteiger partial charge < -0.3 is 23.6 Å². The van der Waals surface area contributed by atoms with Gasteiger partial charge in [0.05, 0.1) is 32.0 Å². The van der Waals surface area contributed by atoms with Gasteiger partial charge >= 0.3 is 14.6 Å². The first-order valence-corrected chi connectivity index (χ1v) is 14.6. The topological polar surface area (TPSA) is 66.0 Å². The van der Waals surface area contributed by atoms with Gasteiger partial charge in [-0.05, 0) is 92.2 Å². The summed E-state index contributed by atoms with van der Waals surface area (Å²) in [6.07, 6.45) is 12.6. The molecule has 208 valence electrons. The van der Waals surface area contributed by atoms with Crippen molar-refractivity contribution < 1.29 is 23.1 Å². The minimum atomic E-state index is -1.28. The highest BCUT2D eigenvalue weighted by Gasteiger charge is 2.13. The summed E-state index contributed by atoms with van der Waals surface area (Å²) in [7, 11) is -1.28. The number of carbonyl (C=O) groups is 1. The van der Waals surface area contributed by atoms with Crippen LogP contribution >= 0.6 is 8.60 Å². The van der Waals surface area contributed by atoms with E-state index in [2.05, 4.69) is 51.2 Å². The maximum Gasteiger partial charge on any atom is 0.340 e. The molecule has 0 saturated heterocycles. The fourth-order valence-corrected chi connectivity index (χ4v) is 4.32. The number of rotatable bonds is 20. The number of allylic oxidation sites excluding steroid dienone is 5. The SMILES string of the molecule is CCOP(OCC)OCCCCOC(=O)c1ccccc1NC/C=C(\C)CC/C=C(\C)CCC=C(C)C. The smallest absolute Gasteiger partial charge is 0.340 e. The third kappa shape index (κ3) is 16.5. The third-order valence-electron chi connectivity index (χ3n) is 5.45. The van der Waals surface area contributed by atoms with Crippen LogP contribution in [0.5, 0.6) is 0 Å². The average Bonchev–Trinajstić information content (AvgIpc) is 2.86. The second kappa shape index (κ2) is 21.0. The molecule has 0 bridgehead atoms. The molecule has 0 radical (unpaired) electrons. The Balaban J connectivity index is 2.39. The zero-order valence-corrected chi connectivity index (χ0v) is 24.7. The predicted octanol–water partition coefficient (Wildman–Crippen LogP) is 8.77. The molecule has 0 aliphatic heterocycles. The molecule has 0 aliphatic carbocycles. The van der Waals surface area contributed by atoms with Crippen LogP contribution in [0.25, 0.3) is 0 Å². The molecule has 37 heavy (non-hydrogen) atoms. The number of ether oxygens (including phenoxy) is 1. The van der Waals surface area contributed by atoms with Gasteiger partial charge in [-0.15, -0.1) is 0 Å². The lowest BCUT2D eigenvalue weighted by Crippen LogP contribution is -2.11. The summed E-state index contributed by atoms with van der Waals surface area (Å²) in [5.41, 5.74) is 5.50. The molecule has 0 saturated carbocycles. The van der Waals surface area contributed by atoms with Crippen molar-refractivity contribution >= 4 is 20.3 Å². The standard InChI is InChI=1S/C30H48NO5P/c1-7-34-37(35-8-2)36-24-12-11-23-33-30(32)28-19-9-10-20-29(28)31-22-21-27(6)18-14-17-26(5)16-13-15-25(3)4/h9-10,15,17,19-21,31H,7-8,11-14,16,18,22-24H2,1-6H3/b26-17+,27-21+. The fourth-order valence-electron chi connectivity index (χ4n) is 3.40. The Morgan fingerprint density at radius 1 is 0.838 bits per heavy atom. The molecule has 0 spiro atoms. The van der Waals surface area contributed by atoms with Crippen LogP contribution < -0.4 is 5.32 Å². The van der Waals surface area contributed by atoms with Crippen molar-refractivity contribution in [2.45, 2.75) is 80.1 Å². The molecule has 1 N–H and O–H groups in total. The van der Waals surface area contributed by atoms with Crippen molar-refractivity contribution in [1.82, 2.24) is 0 Å². The second-order valence-corrected chi connectivity index (χ2v) is 10.3. The highest BCUT2D eigenvalue weighted by molar-refractivity contribution is 7.41. The van der Waals surface area contributed by atoms with Crippen molar-refractivity contribution in [3.8, 4) is 0 Å². The Kier molecular flexibility index (Phi) is 18.8. The van der Waals surface area contributed by atoms with E-state index in [1.165, 1.54) is 16.7 Å². The summed E-state index contributed by atoms with van der Waals surface area (Å²) in [4.78, 5) is 12.6. The van der Waals surface area contributed by atoms with Crippen LogP contribution in [0.1, 0.15) is 90.4 Å². The minimum Gasteiger partial charge on any atom is -0.462 e. The summed E-state index contributed by atoms with van der Waals surface area (Å²) < 4.78 is 21.9. The van der Waals surface area contributed by atoms with Crippen molar-refractivity contribution in [2.75, 3.05) is 38.3 Å². The van der Waals surface area contributed by atoms with E-state index < -0.39 is 8.60 Å². The van der Waals surface area contributed by atoms with Crippen LogP contribution in [0.15, 0.2) is 59.2 Å². The first-order chi connectivity index (χ1) is 17.9. The largest absolute Gasteiger partial charge is 0.462 e. The predicted molar refractivity (Wildman–Crippen MR) is 156 cm³/mol. The zero-order valence-electron chi connectivity index (χ0n) is 23.8. The van der Waals surface area contributed by atoms with Crippen LogP contribution in [-0.4, -0.2) is 38.9 Å². The molecule has 7 heteroatoms. The van der Waals surface area contributed by atoms with Crippen molar-refractivity contribution in [3.05, 3.63) is 64.8 Å². The van der Waals surface area contributed by atoms with Gasteiger partial charge in [0.1, 0.15) is 0 Å². The molecule has 1 aromatic rings. The fraction of sp³-hybridized carbons (Fsp3) is 0.567. The van der Waals surface area contributed by atoms with Crippen LogP contribution in [0.2, 0.25) is 0 Å². The Morgan fingerprint density at radius 2 is 1.46 bits per heavy atom. The molecule has 1 aromatic carbocycles. The lowest BCUT2D eigenvalue weighted by atomic mass is 10.1. The zero-order chi connectivity index (χ0) is 27.3. The summed E-state index contributed by atoms with van der Waals surface area (Å²) in [6.45, 7) is 15.1. The van der Waals surface area contributed by atoms with Gasteiger partial charge in [-0.3, -0.25) is 0 Å². The van der Waals surface area contributed by atoms with Crippen molar-refractivity contribution in [2.24, 2.45) is 0 Å². The van der Waals surface area contributed by atoms with Crippen LogP contribution in [-0.2, 0) is 18.3 Å². The number of unbranched alkanes of at least 4 members (excludes halogenated alkanes) is 1. The highest BCUT2D eigenvalue weighted by Crippen LogP contribution is 2.39. The third-order valence-corrected chi connectivity index (χ3v) is 6.78. The maximum atomic E-state index is 12.6. The molecule has 0 unspecified atom stereocenters. The summed E-state index contributed by atoms with van der Waals surface area (Å²) >= 11 is 0. The molecule has 0 aliphatic rings. The highest BCUT2D eigenvalue weighted by atomic mass is 31.2. The number of anilines is 1. The van der Waals surface area contributed by atoms with E-state index in [0.29, 0.717) is 45.0 Å². The molecular weight excluding hydrogens is 485 g/mol. The first kappa shape index (κ1) is 33.0. The van der Waals surface area contributed by atoms with Gasteiger partial charge in [0.25, 0.3) is 0 Å². The minimum absolute atomic E-state index is 0.315. The number of para-hydroxylation sites is 1. The molecular formula is C30H48NO5P. The normalized spacial score (nSPS) is 12.1. The van der Waals surface area contributed by atoms with E-state index in [0.717, 1.165) is 37.8 Å². The van der Waals surface area contributed by atoms with Gasteiger partial charge in [-0.2, -0.15) is 0 Å². The molecule has 0 heterocycles. The number of hydrogen-bond acceptors (Lipinski definition) is 6. The van der Waals surface area contributed by atoms with Crippen molar-refractivity contribution in [3.63, 3.8) is 0 Å². The summed E-state index contributed by atoms with van der Waals surface area (Å²) in [5.74, 6) is -0.315. The number of hydrogen-bond donors (Lipinski definition) is 1. The van der Waals surface area contributed by atoms with Crippen molar-refractivity contribution in [1.29, 1.82) is 0 Å². The number of benzene rings is 1. The van der Waals surface area contributed by atoms with Crippen LogP contribution in [0.4, 0.5) is 5.69 Å². The monoisotopic (exact) mass is 533 g/mol. The average molecular weight is 534 g/mol. The molecule has 0 amide bonds. The Hall–Kier alpha value is -1.98. The van der Waals surface area contributed by atoms with E-state index in [-0.39, 0.29) is 5.97 Å².